The van der Waals surface area contributed by atoms with Crippen LogP contribution in [0.5, 0.6) is 0 Å². The minimum Gasteiger partial charge on any atom is -0.462 e. The van der Waals surface area contributed by atoms with Gasteiger partial charge in [0, 0.05) is 0 Å². The largest absolute Gasteiger partial charge is 0.462 e. The lowest BCUT2D eigenvalue weighted by Gasteiger charge is -2.19. The highest BCUT2D eigenvalue weighted by Gasteiger charge is 2.45. The van der Waals surface area contributed by atoms with Crippen LogP contribution in [0.3, 0.4) is 0 Å². The molecule has 5 N–H and O–H groups in total. The summed E-state index contributed by atoms with van der Waals surface area (Å²) in [6.45, 7) is 2.72. The summed E-state index contributed by atoms with van der Waals surface area (Å²) in [7, 11) is -3.51. The minimum absolute atomic E-state index is 0.00410. The Bertz CT molecular complexity index is 941. The number of rotatable bonds is 8. The van der Waals surface area contributed by atoms with E-state index in [1.807, 2.05) is 0 Å². The van der Waals surface area contributed by atoms with Crippen LogP contribution in [0, 0.1) is 6.92 Å². The summed E-state index contributed by atoms with van der Waals surface area (Å²) < 4.78 is 32.4. The summed E-state index contributed by atoms with van der Waals surface area (Å²) in [4.78, 5) is 33.1. The van der Waals surface area contributed by atoms with Crippen molar-refractivity contribution in [3.05, 3.63) is 12.2 Å². The van der Waals surface area contributed by atoms with Crippen molar-refractivity contribution >= 4 is 31.2 Å². The van der Waals surface area contributed by atoms with E-state index in [1.165, 1.54) is 17.8 Å². The van der Waals surface area contributed by atoms with E-state index in [0.29, 0.717) is 17.0 Å². The van der Waals surface area contributed by atoms with E-state index in [-0.39, 0.29) is 12.4 Å². The molecule has 6 atom stereocenters. The Labute approximate surface area is 170 Å². The van der Waals surface area contributed by atoms with E-state index in [9.17, 15) is 19.6 Å². The number of esters is 1. The number of aromatic nitrogens is 4. The number of nitrogens with two attached hydrogens (primary N) is 1. The molecule has 3 rings (SSSR count). The number of anilines is 1. The minimum atomic E-state index is -3.51. The van der Waals surface area contributed by atoms with Gasteiger partial charge in [-0.25, -0.2) is 19.7 Å². The average Bonchev–Trinajstić information content (AvgIpc) is 3.21. The van der Waals surface area contributed by atoms with Crippen LogP contribution in [0.15, 0.2) is 6.33 Å². The molecule has 0 radical (unpaired) electrons. The second-order valence-electron chi connectivity index (χ2n) is 6.33. The van der Waals surface area contributed by atoms with Gasteiger partial charge < -0.3 is 35.1 Å². The third-order valence-corrected chi connectivity index (χ3v) is 4.69. The van der Waals surface area contributed by atoms with Gasteiger partial charge in [-0.1, -0.05) is 0 Å². The summed E-state index contributed by atoms with van der Waals surface area (Å²) in [5.74, 6) is -0.487. The van der Waals surface area contributed by atoms with Crippen molar-refractivity contribution < 1.29 is 43.2 Å². The zero-order valence-electron chi connectivity index (χ0n) is 16.0. The number of carbonyl (C=O) groups excluding carboxylic acids is 1. The highest BCUT2D eigenvalue weighted by Crippen LogP contribution is 2.32. The van der Waals surface area contributed by atoms with Crippen molar-refractivity contribution in [3.8, 4) is 0 Å². The predicted molar refractivity (Wildman–Crippen MR) is 99.1 cm³/mol. The second-order valence-corrected chi connectivity index (χ2v) is 7.09. The molecule has 30 heavy (non-hydrogen) atoms. The summed E-state index contributed by atoms with van der Waals surface area (Å²) in [6, 6.07) is 0. The van der Waals surface area contributed by atoms with Crippen LogP contribution in [0.1, 0.15) is 19.0 Å². The fraction of sp³-hybridized carbons (Fsp3) is 0.600. The molecule has 1 aliphatic rings. The highest BCUT2D eigenvalue weighted by atomic mass is 31.1. The number of hydrogen-bond acceptors (Lipinski definition) is 12. The molecule has 2 aromatic heterocycles. The van der Waals surface area contributed by atoms with Crippen molar-refractivity contribution in [2.24, 2.45) is 0 Å². The quantitative estimate of drug-likeness (QED) is 0.210. The molecular weight excluding hydrogens is 425 g/mol. The van der Waals surface area contributed by atoms with Crippen LogP contribution in [-0.2, 0) is 28.1 Å². The van der Waals surface area contributed by atoms with E-state index < -0.39 is 51.7 Å². The fourth-order valence-electron chi connectivity index (χ4n) is 2.97. The van der Waals surface area contributed by atoms with Crippen molar-refractivity contribution in [2.45, 2.75) is 44.7 Å². The molecule has 0 amide bonds. The van der Waals surface area contributed by atoms with Crippen LogP contribution < -0.4 is 5.73 Å². The molecular formula is C15H22N5O9P. The van der Waals surface area contributed by atoms with Gasteiger partial charge in [0.05, 0.1) is 19.5 Å². The number of aryl methyl sites for hydroxylation is 1. The van der Waals surface area contributed by atoms with Crippen molar-refractivity contribution in [2.75, 3.05) is 18.9 Å². The summed E-state index contributed by atoms with van der Waals surface area (Å²) in [5, 5.41) is 20.8. The lowest BCUT2D eigenvalue weighted by molar-refractivity contribution is -0.185. The van der Waals surface area contributed by atoms with Gasteiger partial charge in [0.1, 0.15) is 29.7 Å². The molecule has 0 spiro atoms. The van der Waals surface area contributed by atoms with Gasteiger partial charge in [-0.15, -0.1) is 0 Å². The Balaban J connectivity index is 1.75. The summed E-state index contributed by atoms with van der Waals surface area (Å²) >= 11 is 0. The number of nitrogens with zero attached hydrogens (tertiary/aromatic N) is 4. The monoisotopic (exact) mass is 447 g/mol. The lowest BCUT2D eigenvalue weighted by atomic mass is 10.1. The number of aliphatic hydroxyl groups is 2. The van der Waals surface area contributed by atoms with Gasteiger partial charge in [0.2, 0.25) is 0 Å². The molecule has 166 valence electrons. The van der Waals surface area contributed by atoms with Gasteiger partial charge in [-0.05, 0) is 13.8 Å². The SMILES string of the molecule is CCOC(=O)[C@@H](OC[C@@H]1O[C@H](n2cnc3c(N)nc(C)nc32)[C@@H](O)[C@H]1O)O[PH](=O)O. The van der Waals surface area contributed by atoms with E-state index >= 15 is 0 Å². The molecule has 1 fully saturated rings. The van der Waals surface area contributed by atoms with Crippen LogP contribution in [0.4, 0.5) is 5.82 Å². The predicted octanol–water partition coefficient (Wildman–Crippen LogP) is -1.36. The lowest BCUT2D eigenvalue weighted by Crippen LogP contribution is -2.37. The molecule has 14 nitrogen and oxygen atoms in total. The molecule has 15 heteroatoms. The number of imidazole rings is 1. The standard InChI is InChI=1S/C15H22N5O9P/c1-3-26-14(23)15(29-30(24)25)27-4-7-9(21)10(22)13(28-7)20-5-17-8-11(16)18-6(2)19-12(8)20/h5,7,9-10,13,15,21-22,30H,3-4H2,1-2H3,(H,24,25)(H2,16,18,19)/t7-,9-,10-,13-,15-/m0/s1. The van der Waals surface area contributed by atoms with E-state index in [2.05, 4.69) is 19.5 Å². The Kier molecular flexibility index (Phi) is 6.98. The molecule has 2 aromatic rings. The third-order valence-electron chi connectivity index (χ3n) is 4.27. The summed E-state index contributed by atoms with van der Waals surface area (Å²) in [6.07, 6.45) is -5.47. The fourth-order valence-corrected chi connectivity index (χ4v) is 3.32. The van der Waals surface area contributed by atoms with Crippen LogP contribution >= 0.6 is 8.25 Å². The molecule has 0 bridgehead atoms. The number of hydrogen-bond donors (Lipinski definition) is 4. The Morgan fingerprint density at radius 3 is 2.80 bits per heavy atom. The highest BCUT2D eigenvalue weighted by molar-refractivity contribution is 7.32. The van der Waals surface area contributed by atoms with Crippen LogP contribution in [0.2, 0.25) is 0 Å². The number of aliphatic hydroxyl groups excluding tert-OH is 2. The first kappa shape index (κ1) is 22.5. The molecule has 0 saturated carbocycles. The number of fused-ring (bicyclic) bond motifs is 1. The van der Waals surface area contributed by atoms with Gasteiger partial charge in [0.15, 0.2) is 17.7 Å². The maximum Gasteiger partial charge on any atom is 0.363 e. The van der Waals surface area contributed by atoms with Crippen LogP contribution in [-0.4, -0.2) is 78.4 Å². The Hall–Kier alpha value is -2.19. The maximum absolute atomic E-state index is 11.8. The van der Waals surface area contributed by atoms with Crippen LogP contribution in [0.25, 0.3) is 11.2 Å². The van der Waals surface area contributed by atoms with Gasteiger partial charge in [0.25, 0.3) is 6.29 Å². The van der Waals surface area contributed by atoms with Crippen molar-refractivity contribution in [3.63, 3.8) is 0 Å². The van der Waals surface area contributed by atoms with Gasteiger partial charge in [-0.3, -0.25) is 13.7 Å². The van der Waals surface area contributed by atoms with E-state index in [1.54, 1.807) is 6.92 Å². The average molecular weight is 447 g/mol. The zero-order chi connectivity index (χ0) is 22.0. The second kappa shape index (κ2) is 9.31. The van der Waals surface area contributed by atoms with Crippen molar-refractivity contribution in [1.82, 2.24) is 19.5 Å². The topological polar surface area (TPSA) is 201 Å². The third kappa shape index (κ3) is 4.59. The summed E-state index contributed by atoms with van der Waals surface area (Å²) in [5.41, 5.74) is 6.43. The first-order valence-corrected chi connectivity index (χ1v) is 10.1. The first-order valence-electron chi connectivity index (χ1n) is 8.89. The number of nitrogen functional groups attached to an aromatic ring is 1. The smallest absolute Gasteiger partial charge is 0.363 e. The molecule has 1 aliphatic heterocycles. The van der Waals surface area contributed by atoms with E-state index in [0.717, 1.165) is 0 Å². The normalized spacial score (nSPS) is 26.0. The number of ether oxygens (including phenoxy) is 3. The maximum atomic E-state index is 11.8. The molecule has 1 saturated heterocycles. The van der Waals surface area contributed by atoms with Gasteiger partial charge in [-0.2, -0.15) is 0 Å². The molecule has 0 aromatic carbocycles. The first-order chi connectivity index (χ1) is 14.2. The zero-order valence-corrected chi connectivity index (χ0v) is 17.0. The molecule has 3 heterocycles. The molecule has 0 aliphatic carbocycles. The Morgan fingerprint density at radius 2 is 2.13 bits per heavy atom. The molecule has 1 unspecified atom stereocenters. The Morgan fingerprint density at radius 1 is 1.40 bits per heavy atom. The van der Waals surface area contributed by atoms with E-state index in [4.69, 9.17) is 24.8 Å². The number of carbonyl (C=O) groups is 1. The van der Waals surface area contributed by atoms with Gasteiger partial charge >= 0.3 is 14.2 Å². The van der Waals surface area contributed by atoms with Crippen molar-refractivity contribution in [1.29, 1.82) is 0 Å².